The van der Waals surface area contributed by atoms with Crippen LogP contribution in [0.25, 0.3) is 0 Å². The van der Waals surface area contributed by atoms with Crippen molar-refractivity contribution in [3.63, 3.8) is 0 Å². The summed E-state index contributed by atoms with van der Waals surface area (Å²) in [5.74, 6) is 1.43. The fourth-order valence-corrected chi connectivity index (χ4v) is 3.50. The van der Waals surface area contributed by atoms with Crippen LogP contribution in [-0.4, -0.2) is 63.3 Å². The van der Waals surface area contributed by atoms with Crippen molar-refractivity contribution in [1.29, 1.82) is 0 Å². The van der Waals surface area contributed by atoms with Crippen LogP contribution >= 0.6 is 35.3 Å². The van der Waals surface area contributed by atoms with E-state index >= 15 is 0 Å². The van der Waals surface area contributed by atoms with E-state index in [-0.39, 0.29) is 30.1 Å². The van der Waals surface area contributed by atoms with Gasteiger partial charge in [-0.25, -0.2) is 0 Å². The Bertz CT molecular complexity index is 469. The molecule has 1 aliphatic rings. The molecule has 5 nitrogen and oxygen atoms in total. The van der Waals surface area contributed by atoms with Crippen LogP contribution in [0.3, 0.4) is 0 Å². The number of nitrogens with zero attached hydrogens (tertiary/aromatic N) is 2. The number of likely N-dealkylation sites (N-methyl/N-ethyl adjacent to an activating group) is 1. The first-order valence-electron chi connectivity index (χ1n) is 8.52. The minimum absolute atomic E-state index is 0. The van der Waals surface area contributed by atoms with Crippen molar-refractivity contribution < 1.29 is 4.74 Å². The molecule has 0 spiro atoms. The molecule has 1 aromatic rings. The van der Waals surface area contributed by atoms with Crippen molar-refractivity contribution in [3.8, 4) is 0 Å². The Hall–Kier alpha value is -0.380. The smallest absolute Gasteiger partial charge is 0.191 e. The van der Waals surface area contributed by atoms with E-state index in [1.165, 1.54) is 4.88 Å². The van der Waals surface area contributed by atoms with Crippen LogP contribution in [0.5, 0.6) is 0 Å². The molecule has 1 aliphatic heterocycles. The zero-order chi connectivity index (χ0) is 16.5. The van der Waals surface area contributed by atoms with E-state index in [2.05, 4.69) is 53.9 Å². The zero-order valence-corrected chi connectivity index (χ0v) is 18.1. The average Bonchev–Trinajstić information content (AvgIpc) is 3.03. The molecule has 138 valence electrons. The van der Waals surface area contributed by atoms with Gasteiger partial charge in [0.15, 0.2) is 5.96 Å². The molecule has 0 aliphatic carbocycles. The Kier molecular flexibility index (Phi) is 10.9. The van der Waals surface area contributed by atoms with Gasteiger partial charge in [-0.15, -0.1) is 35.3 Å². The Morgan fingerprint density at radius 1 is 1.50 bits per heavy atom. The minimum Gasteiger partial charge on any atom is -0.374 e. The van der Waals surface area contributed by atoms with Gasteiger partial charge in [-0.2, -0.15) is 0 Å². The number of hydrogen-bond acceptors (Lipinski definition) is 4. The van der Waals surface area contributed by atoms with Crippen LogP contribution < -0.4 is 10.6 Å². The Morgan fingerprint density at radius 2 is 2.33 bits per heavy atom. The number of aliphatic imine (C=N–C) groups is 1. The normalized spacial score (nSPS) is 20.3. The van der Waals surface area contributed by atoms with Crippen molar-refractivity contribution in [2.75, 3.05) is 46.4 Å². The maximum atomic E-state index is 5.79. The summed E-state index contributed by atoms with van der Waals surface area (Å²) >= 11 is 1.82. The summed E-state index contributed by atoms with van der Waals surface area (Å²) in [6, 6.07) is 4.31. The molecule has 2 heterocycles. The molecule has 2 N–H and O–H groups in total. The van der Waals surface area contributed by atoms with E-state index in [1.807, 2.05) is 11.3 Å². The predicted octanol–water partition coefficient (Wildman–Crippen LogP) is 2.43. The van der Waals surface area contributed by atoms with E-state index in [4.69, 9.17) is 9.73 Å². The molecule has 0 bridgehead atoms. The van der Waals surface area contributed by atoms with Gasteiger partial charge >= 0.3 is 0 Å². The Balaban J connectivity index is 0.00000288. The maximum Gasteiger partial charge on any atom is 0.191 e. The van der Waals surface area contributed by atoms with Crippen LogP contribution in [0.15, 0.2) is 22.5 Å². The van der Waals surface area contributed by atoms with Gasteiger partial charge < -0.3 is 20.3 Å². The largest absolute Gasteiger partial charge is 0.374 e. The number of thiophene rings is 1. The standard InChI is InChI=1S/C17H30N4OS.HI/c1-4-18-17(20-12-15-13-21(3)7-8-22-15)19-11-14(2)10-16-6-5-9-23-16;/h5-6,9,14-15H,4,7-8,10-13H2,1-3H3,(H2,18,19,20);1H. The van der Waals surface area contributed by atoms with Crippen molar-refractivity contribution in [1.82, 2.24) is 15.5 Å². The molecular weight excluding hydrogens is 435 g/mol. The first-order chi connectivity index (χ1) is 11.2. The fourth-order valence-electron chi connectivity index (χ4n) is 2.63. The number of hydrogen-bond donors (Lipinski definition) is 2. The second kappa shape index (κ2) is 12.1. The van der Waals surface area contributed by atoms with Crippen molar-refractivity contribution >= 4 is 41.3 Å². The predicted molar refractivity (Wildman–Crippen MR) is 114 cm³/mol. The summed E-state index contributed by atoms with van der Waals surface area (Å²) in [6.07, 6.45) is 1.33. The lowest BCUT2D eigenvalue weighted by molar-refractivity contribution is -0.0161. The summed E-state index contributed by atoms with van der Waals surface area (Å²) in [4.78, 5) is 8.47. The number of halogens is 1. The van der Waals surface area contributed by atoms with E-state index in [0.29, 0.717) is 5.92 Å². The molecule has 0 radical (unpaired) electrons. The summed E-state index contributed by atoms with van der Waals surface area (Å²) in [6.45, 7) is 9.66. The number of rotatable bonds is 7. The maximum absolute atomic E-state index is 5.79. The minimum atomic E-state index is 0. The molecule has 24 heavy (non-hydrogen) atoms. The van der Waals surface area contributed by atoms with Gasteiger partial charge in [0.1, 0.15) is 0 Å². The molecule has 2 atom stereocenters. The molecule has 2 unspecified atom stereocenters. The van der Waals surface area contributed by atoms with Gasteiger partial charge in [-0.05, 0) is 37.8 Å². The van der Waals surface area contributed by atoms with E-state index in [1.54, 1.807) is 0 Å². The zero-order valence-electron chi connectivity index (χ0n) is 15.0. The highest BCUT2D eigenvalue weighted by atomic mass is 127. The first-order valence-corrected chi connectivity index (χ1v) is 9.40. The van der Waals surface area contributed by atoms with Gasteiger partial charge in [0.25, 0.3) is 0 Å². The highest BCUT2D eigenvalue weighted by molar-refractivity contribution is 14.0. The van der Waals surface area contributed by atoms with Crippen molar-refractivity contribution in [2.24, 2.45) is 10.9 Å². The topological polar surface area (TPSA) is 48.9 Å². The molecule has 1 saturated heterocycles. The lowest BCUT2D eigenvalue weighted by atomic mass is 10.1. The third-order valence-corrected chi connectivity index (χ3v) is 4.77. The first kappa shape index (κ1) is 21.7. The fraction of sp³-hybridized carbons (Fsp3) is 0.706. The third kappa shape index (κ3) is 8.13. The summed E-state index contributed by atoms with van der Waals surface area (Å²) in [5, 5.41) is 8.87. The molecule has 0 amide bonds. The molecule has 0 saturated carbocycles. The number of guanidine groups is 1. The monoisotopic (exact) mass is 466 g/mol. The van der Waals surface area contributed by atoms with Gasteiger partial charge in [0.05, 0.1) is 12.7 Å². The van der Waals surface area contributed by atoms with Crippen LogP contribution in [0.1, 0.15) is 18.7 Å². The SMILES string of the molecule is CCNC(=NCC(C)Cc1cccs1)NCC1CN(C)CCO1.I. The molecular formula is C17H31IN4OS. The lowest BCUT2D eigenvalue weighted by Crippen LogP contribution is -2.48. The van der Waals surface area contributed by atoms with Crippen molar-refractivity contribution in [3.05, 3.63) is 22.4 Å². The van der Waals surface area contributed by atoms with E-state index in [0.717, 1.165) is 51.7 Å². The number of ether oxygens (including phenoxy) is 1. The lowest BCUT2D eigenvalue weighted by Gasteiger charge is -2.30. The van der Waals surface area contributed by atoms with Crippen LogP contribution in [0.4, 0.5) is 0 Å². The molecule has 1 fully saturated rings. The molecule has 7 heteroatoms. The number of morpholine rings is 1. The third-order valence-electron chi connectivity index (χ3n) is 3.87. The van der Waals surface area contributed by atoms with E-state index in [9.17, 15) is 0 Å². The quantitative estimate of drug-likeness (QED) is 0.368. The van der Waals surface area contributed by atoms with Crippen molar-refractivity contribution in [2.45, 2.75) is 26.4 Å². The van der Waals surface area contributed by atoms with E-state index < -0.39 is 0 Å². The highest BCUT2D eigenvalue weighted by Gasteiger charge is 2.17. The molecule has 2 rings (SSSR count). The van der Waals surface area contributed by atoms with Gasteiger partial charge in [0, 0.05) is 37.6 Å². The Labute approximate surface area is 167 Å². The Morgan fingerprint density at radius 3 is 3.00 bits per heavy atom. The number of nitrogens with one attached hydrogen (secondary N) is 2. The molecule has 1 aromatic heterocycles. The summed E-state index contributed by atoms with van der Waals surface area (Å²) in [5.41, 5.74) is 0. The van der Waals surface area contributed by atoms with Gasteiger partial charge in [-0.1, -0.05) is 13.0 Å². The van der Waals surface area contributed by atoms with Crippen LogP contribution in [0.2, 0.25) is 0 Å². The summed E-state index contributed by atoms with van der Waals surface area (Å²) < 4.78 is 5.79. The van der Waals surface area contributed by atoms with Gasteiger partial charge in [-0.3, -0.25) is 4.99 Å². The summed E-state index contributed by atoms with van der Waals surface area (Å²) in [7, 11) is 2.14. The van der Waals surface area contributed by atoms with Crippen LogP contribution in [-0.2, 0) is 11.2 Å². The highest BCUT2D eigenvalue weighted by Crippen LogP contribution is 2.14. The average molecular weight is 466 g/mol. The van der Waals surface area contributed by atoms with Gasteiger partial charge in [0.2, 0.25) is 0 Å². The second-order valence-electron chi connectivity index (χ2n) is 6.24. The van der Waals surface area contributed by atoms with Crippen LogP contribution in [0, 0.1) is 5.92 Å². The second-order valence-corrected chi connectivity index (χ2v) is 7.28. The molecule has 0 aromatic carbocycles.